The lowest BCUT2D eigenvalue weighted by Crippen LogP contribution is -2.17. The number of terminal acetylenes is 1. The van der Waals surface area contributed by atoms with Gasteiger partial charge >= 0.3 is 0 Å². The van der Waals surface area contributed by atoms with E-state index in [9.17, 15) is 4.79 Å². The van der Waals surface area contributed by atoms with Gasteiger partial charge in [-0.05, 0) is 48.2 Å². The van der Waals surface area contributed by atoms with Gasteiger partial charge < -0.3 is 11.1 Å². The van der Waals surface area contributed by atoms with Crippen molar-refractivity contribution in [1.29, 1.82) is 0 Å². The molecular weight excluding hydrogens is 288 g/mol. The van der Waals surface area contributed by atoms with Crippen molar-refractivity contribution in [3.05, 3.63) is 58.9 Å². The third kappa shape index (κ3) is 1.96. The standard InChI is InChI=1S/C18H14N4O/c1-2-11-5-8-15(13-7-6-12(11)13)21-17-14(18(19)23)10-20-22-9-3-4-16(17)22/h1,3-5,8-10,21H,6-7H2,(H2,19,23). The number of aromatic nitrogens is 2. The molecule has 1 aliphatic rings. The van der Waals surface area contributed by atoms with E-state index in [2.05, 4.69) is 16.3 Å². The van der Waals surface area contributed by atoms with Crippen LogP contribution in [-0.2, 0) is 12.8 Å². The molecule has 2 heterocycles. The van der Waals surface area contributed by atoms with Crippen molar-refractivity contribution in [2.45, 2.75) is 12.8 Å². The molecule has 0 saturated carbocycles. The number of primary amides is 1. The van der Waals surface area contributed by atoms with Gasteiger partial charge in [0.15, 0.2) is 0 Å². The predicted octanol–water partition coefficient (Wildman–Crippen LogP) is 2.26. The van der Waals surface area contributed by atoms with Gasteiger partial charge in [0.1, 0.15) is 0 Å². The predicted molar refractivity (Wildman–Crippen MR) is 88.8 cm³/mol. The van der Waals surface area contributed by atoms with E-state index < -0.39 is 5.91 Å². The van der Waals surface area contributed by atoms with Crippen LogP contribution in [0.25, 0.3) is 5.52 Å². The monoisotopic (exact) mass is 302 g/mol. The highest BCUT2D eigenvalue weighted by atomic mass is 16.1. The van der Waals surface area contributed by atoms with Crippen molar-refractivity contribution in [3.63, 3.8) is 0 Å². The summed E-state index contributed by atoms with van der Waals surface area (Å²) in [5, 5.41) is 7.56. The van der Waals surface area contributed by atoms with E-state index >= 15 is 0 Å². The minimum atomic E-state index is -0.511. The first-order valence-electron chi connectivity index (χ1n) is 7.33. The van der Waals surface area contributed by atoms with Crippen LogP contribution in [0, 0.1) is 12.3 Å². The number of nitrogens with two attached hydrogens (primary N) is 1. The number of hydrogen-bond acceptors (Lipinski definition) is 3. The molecule has 3 N–H and O–H groups in total. The topological polar surface area (TPSA) is 72.4 Å². The minimum Gasteiger partial charge on any atom is -0.365 e. The molecule has 3 aromatic rings. The van der Waals surface area contributed by atoms with E-state index in [1.54, 1.807) is 4.52 Å². The highest BCUT2D eigenvalue weighted by Gasteiger charge is 2.22. The van der Waals surface area contributed by atoms with Crippen molar-refractivity contribution < 1.29 is 4.79 Å². The molecule has 112 valence electrons. The number of nitrogens with one attached hydrogen (secondary N) is 1. The van der Waals surface area contributed by atoms with Crippen LogP contribution in [0.4, 0.5) is 11.4 Å². The molecule has 1 aromatic carbocycles. The third-order valence-electron chi connectivity index (χ3n) is 4.30. The van der Waals surface area contributed by atoms with Crippen LogP contribution in [0.2, 0.25) is 0 Å². The van der Waals surface area contributed by atoms with Crippen molar-refractivity contribution in [2.75, 3.05) is 5.32 Å². The summed E-state index contributed by atoms with van der Waals surface area (Å²) in [5.41, 5.74) is 11.6. The number of fused-ring (bicyclic) bond motifs is 2. The molecule has 4 rings (SSSR count). The third-order valence-corrected chi connectivity index (χ3v) is 4.30. The van der Waals surface area contributed by atoms with Crippen LogP contribution >= 0.6 is 0 Å². The van der Waals surface area contributed by atoms with Crippen LogP contribution in [-0.4, -0.2) is 15.5 Å². The first kappa shape index (κ1) is 13.4. The maximum Gasteiger partial charge on any atom is 0.252 e. The molecule has 5 heteroatoms. The summed E-state index contributed by atoms with van der Waals surface area (Å²) in [6.45, 7) is 0. The Balaban J connectivity index is 1.87. The second-order valence-corrected chi connectivity index (χ2v) is 5.52. The molecule has 0 bridgehead atoms. The number of anilines is 2. The molecule has 1 aliphatic carbocycles. The molecule has 23 heavy (non-hydrogen) atoms. The van der Waals surface area contributed by atoms with Crippen LogP contribution in [0.3, 0.4) is 0 Å². The van der Waals surface area contributed by atoms with Gasteiger partial charge in [0.2, 0.25) is 0 Å². The lowest BCUT2D eigenvalue weighted by Gasteiger charge is -2.25. The fourth-order valence-corrected chi connectivity index (χ4v) is 3.04. The average molecular weight is 302 g/mol. The highest BCUT2D eigenvalue weighted by Crippen LogP contribution is 2.36. The Bertz CT molecular complexity index is 994. The van der Waals surface area contributed by atoms with Gasteiger partial charge in [-0.15, -0.1) is 6.42 Å². The fraction of sp³-hybridized carbons (Fsp3) is 0.111. The van der Waals surface area contributed by atoms with Crippen LogP contribution in [0.15, 0.2) is 36.7 Å². The molecule has 5 nitrogen and oxygen atoms in total. The Labute approximate surface area is 133 Å². The summed E-state index contributed by atoms with van der Waals surface area (Å²) in [7, 11) is 0. The molecule has 1 amide bonds. The Morgan fingerprint density at radius 1 is 1.30 bits per heavy atom. The van der Waals surface area contributed by atoms with Crippen LogP contribution in [0.5, 0.6) is 0 Å². The van der Waals surface area contributed by atoms with E-state index in [0.29, 0.717) is 11.3 Å². The zero-order valence-electron chi connectivity index (χ0n) is 12.3. The van der Waals surface area contributed by atoms with Crippen LogP contribution in [0.1, 0.15) is 27.0 Å². The van der Waals surface area contributed by atoms with Gasteiger partial charge in [-0.25, -0.2) is 4.52 Å². The van der Waals surface area contributed by atoms with Gasteiger partial charge in [-0.3, -0.25) is 4.79 Å². The Morgan fingerprint density at radius 3 is 2.83 bits per heavy atom. The van der Waals surface area contributed by atoms with Gasteiger partial charge in [0.25, 0.3) is 5.91 Å². The van der Waals surface area contributed by atoms with Gasteiger partial charge in [-0.1, -0.05) is 5.92 Å². The summed E-state index contributed by atoms with van der Waals surface area (Å²) in [6, 6.07) is 7.65. The van der Waals surface area contributed by atoms with E-state index in [4.69, 9.17) is 12.2 Å². The lowest BCUT2D eigenvalue weighted by atomic mass is 9.83. The summed E-state index contributed by atoms with van der Waals surface area (Å²) in [6.07, 6.45) is 10.8. The minimum absolute atomic E-state index is 0.366. The van der Waals surface area contributed by atoms with E-state index in [-0.39, 0.29) is 0 Å². The maximum absolute atomic E-state index is 11.8. The fourth-order valence-electron chi connectivity index (χ4n) is 3.04. The summed E-state index contributed by atoms with van der Waals surface area (Å²) in [4.78, 5) is 11.8. The largest absolute Gasteiger partial charge is 0.365 e. The first-order chi connectivity index (χ1) is 11.2. The number of hydrogen-bond donors (Lipinski definition) is 2. The van der Waals surface area contributed by atoms with Crippen LogP contribution < -0.4 is 11.1 Å². The molecular formula is C18H14N4O. The molecule has 0 aliphatic heterocycles. The van der Waals surface area contributed by atoms with E-state index in [1.165, 1.54) is 17.3 Å². The second-order valence-electron chi connectivity index (χ2n) is 5.52. The summed E-state index contributed by atoms with van der Waals surface area (Å²) in [5.74, 6) is 2.21. The molecule has 0 radical (unpaired) electrons. The smallest absolute Gasteiger partial charge is 0.252 e. The lowest BCUT2D eigenvalue weighted by molar-refractivity contribution is 0.100. The van der Waals surface area contributed by atoms with Crippen molar-refractivity contribution in [1.82, 2.24) is 9.61 Å². The number of benzene rings is 1. The number of carbonyl (C=O) groups is 1. The zero-order chi connectivity index (χ0) is 16.0. The summed E-state index contributed by atoms with van der Waals surface area (Å²) >= 11 is 0. The normalized spacial score (nSPS) is 12.3. The molecule has 0 spiro atoms. The Kier molecular flexibility index (Phi) is 2.85. The SMILES string of the molecule is C#Cc1ccc(Nc2c(C(N)=O)cnn3cccc23)c2c1CC2. The summed E-state index contributed by atoms with van der Waals surface area (Å²) < 4.78 is 1.71. The quantitative estimate of drug-likeness (QED) is 0.729. The van der Waals surface area contributed by atoms with Gasteiger partial charge in [0, 0.05) is 17.4 Å². The average Bonchev–Trinajstić information content (AvgIpc) is 2.97. The zero-order valence-corrected chi connectivity index (χ0v) is 12.3. The molecule has 0 saturated heterocycles. The molecule has 0 atom stereocenters. The molecule has 0 fully saturated rings. The molecule has 0 unspecified atom stereocenters. The first-order valence-corrected chi connectivity index (χ1v) is 7.33. The van der Waals surface area contributed by atoms with Gasteiger partial charge in [0.05, 0.1) is 23.0 Å². The second kappa shape index (κ2) is 4.89. The van der Waals surface area contributed by atoms with Crippen molar-refractivity contribution >= 4 is 22.8 Å². The Morgan fingerprint density at radius 2 is 2.13 bits per heavy atom. The maximum atomic E-state index is 11.8. The highest BCUT2D eigenvalue weighted by molar-refractivity contribution is 6.03. The van der Waals surface area contributed by atoms with Crippen molar-refractivity contribution in [2.24, 2.45) is 5.73 Å². The van der Waals surface area contributed by atoms with E-state index in [1.807, 2.05) is 30.5 Å². The Hall–Kier alpha value is -3.26. The van der Waals surface area contributed by atoms with Crippen molar-refractivity contribution in [3.8, 4) is 12.3 Å². The number of nitrogens with zero attached hydrogens (tertiary/aromatic N) is 2. The number of rotatable bonds is 3. The number of carbonyl (C=O) groups excluding carboxylic acids is 1. The van der Waals surface area contributed by atoms with E-state index in [0.717, 1.165) is 29.6 Å². The molecule has 2 aromatic heterocycles. The van der Waals surface area contributed by atoms with Gasteiger partial charge in [-0.2, -0.15) is 5.10 Å². The number of amides is 1.